The Balaban J connectivity index is 1.95. The van der Waals surface area contributed by atoms with Gasteiger partial charge < -0.3 is 29.7 Å². The highest BCUT2D eigenvalue weighted by atomic mass is 35.5. The van der Waals surface area contributed by atoms with Crippen LogP contribution < -0.4 is 15.4 Å². The molecule has 3 rings (SSSR count). The zero-order valence-electron chi connectivity index (χ0n) is 29.6. The highest BCUT2D eigenvalue weighted by molar-refractivity contribution is 7.89. The summed E-state index contributed by atoms with van der Waals surface area (Å²) in [5.74, 6) is -1.50. The fourth-order valence-electron chi connectivity index (χ4n) is 4.98. The van der Waals surface area contributed by atoms with E-state index >= 15 is 0 Å². The van der Waals surface area contributed by atoms with Gasteiger partial charge >= 0.3 is 6.09 Å². The number of nitrogens with one attached hydrogen (secondary N) is 3. The summed E-state index contributed by atoms with van der Waals surface area (Å²) in [5, 5.41) is 16.3. The molecule has 0 bridgehead atoms. The molecule has 3 amide bonds. The van der Waals surface area contributed by atoms with Gasteiger partial charge in [0.25, 0.3) is 5.69 Å². The number of halogens is 2. The maximum absolute atomic E-state index is 14.3. The molecule has 0 spiro atoms. The molecule has 2 unspecified atom stereocenters. The van der Waals surface area contributed by atoms with Gasteiger partial charge in [0.05, 0.1) is 16.5 Å². The van der Waals surface area contributed by atoms with Crippen molar-refractivity contribution in [3.8, 4) is 0 Å². The summed E-state index contributed by atoms with van der Waals surface area (Å²) < 4.78 is 45.4. The second kappa shape index (κ2) is 20.8. The van der Waals surface area contributed by atoms with E-state index in [9.17, 15) is 32.9 Å². The van der Waals surface area contributed by atoms with Crippen LogP contribution in [0.2, 0.25) is 10.0 Å². The first-order chi connectivity index (χ1) is 25.1. The quantitative estimate of drug-likeness (QED) is 0.0809. The third kappa shape index (κ3) is 13.6. The largest absolute Gasteiger partial charge is 0.445 e. The molecule has 0 aliphatic rings. The Morgan fingerprint density at radius 3 is 2.09 bits per heavy atom. The molecule has 0 heterocycles. The fraction of sp³-hybridized carbons (Fsp3) is 0.400. The highest BCUT2D eigenvalue weighted by Gasteiger charge is 2.33. The lowest BCUT2D eigenvalue weighted by atomic mass is 10.0. The van der Waals surface area contributed by atoms with Gasteiger partial charge in [-0.2, -0.15) is 0 Å². The summed E-state index contributed by atoms with van der Waals surface area (Å²) in [7, 11) is -4.35. The van der Waals surface area contributed by atoms with Gasteiger partial charge in [-0.15, -0.1) is 0 Å². The molecule has 2 atom stereocenters. The van der Waals surface area contributed by atoms with Crippen LogP contribution in [0.25, 0.3) is 0 Å². The number of hydrogen-bond donors (Lipinski definition) is 3. The van der Waals surface area contributed by atoms with Crippen LogP contribution in [0, 0.1) is 10.1 Å². The number of non-ortho nitro benzene ring substituents is 1. The maximum Gasteiger partial charge on any atom is 0.408 e. The number of nitro groups is 1. The Hall–Kier alpha value is -4.32. The van der Waals surface area contributed by atoms with Gasteiger partial charge in [0.15, 0.2) is 6.29 Å². The van der Waals surface area contributed by atoms with Crippen LogP contribution in [0.3, 0.4) is 0 Å². The van der Waals surface area contributed by atoms with E-state index in [0.29, 0.717) is 24.3 Å². The van der Waals surface area contributed by atoms with Gasteiger partial charge in [-0.1, -0.05) is 65.7 Å². The molecule has 0 aliphatic carbocycles. The van der Waals surface area contributed by atoms with Crippen LogP contribution in [-0.2, 0) is 46.9 Å². The number of nitrogens with zero attached hydrogens (tertiary/aromatic N) is 2. The van der Waals surface area contributed by atoms with Crippen LogP contribution in [0.5, 0.6) is 0 Å². The first-order valence-corrected chi connectivity index (χ1v) is 18.9. The Labute approximate surface area is 318 Å². The van der Waals surface area contributed by atoms with Crippen LogP contribution in [-0.4, -0.2) is 86.9 Å². The molecule has 0 saturated heterocycles. The second-order valence-electron chi connectivity index (χ2n) is 11.8. The normalized spacial score (nSPS) is 12.6. The minimum absolute atomic E-state index is 0.0000465. The second-order valence-corrected chi connectivity index (χ2v) is 14.4. The van der Waals surface area contributed by atoms with Gasteiger partial charge in [0, 0.05) is 49.4 Å². The number of amides is 3. The van der Waals surface area contributed by atoms with Crippen LogP contribution in [0.15, 0.2) is 77.7 Å². The van der Waals surface area contributed by atoms with E-state index in [4.69, 9.17) is 37.4 Å². The molecule has 18 heteroatoms. The van der Waals surface area contributed by atoms with E-state index in [2.05, 4.69) is 15.4 Å². The average Bonchev–Trinajstić information content (AvgIpc) is 3.11. The van der Waals surface area contributed by atoms with Crippen molar-refractivity contribution in [3.63, 3.8) is 0 Å². The van der Waals surface area contributed by atoms with Crippen molar-refractivity contribution >= 4 is 56.8 Å². The molecule has 0 radical (unpaired) electrons. The molecule has 288 valence electrons. The molecule has 3 aromatic rings. The van der Waals surface area contributed by atoms with Crippen molar-refractivity contribution in [2.24, 2.45) is 0 Å². The Bertz CT molecular complexity index is 1790. The predicted molar refractivity (Wildman–Crippen MR) is 198 cm³/mol. The summed E-state index contributed by atoms with van der Waals surface area (Å²) in [6.45, 7) is 6.85. The van der Waals surface area contributed by atoms with Gasteiger partial charge in [-0.25, -0.2) is 17.9 Å². The third-order valence-electron chi connectivity index (χ3n) is 7.64. The molecular weight excluding hydrogens is 753 g/mol. The van der Waals surface area contributed by atoms with Crippen molar-refractivity contribution in [2.45, 2.75) is 70.0 Å². The van der Waals surface area contributed by atoms with Gasteiger partial charge in [0.1, 0.15) is 23.6 Å². The maximum atomic E-state index is 14.3. The number of carbonyl (C=O) groups is 3. The lowest BCUT2D eigenvalue weighted by Gasteiger charge is -2.34. The summed E-state index contributed by atoms with van der Waals surface area (Å²) in [4.78, 5) is 53.1. The van der Waals surface area contributed by atoms with Crippen molar-refractivity contribution in [1.29, 1.82) is 0 Å². The monoisotopic (exact) mass is 795 g/mol. The van der Waals surface area contributed by atoms with Gasteiger partial charge in [-0.3, -0.25) is 19.7 Å². The summed E-state index contributed by atoms with van der Waals surface area (Å²) >= 11 is 12.1. The minimum Gasteiger partial charge on any atom is -0.445 e. The number of nitro benzene ring substituents is 1. The molecule has 3 aromatic carbocycles. The molecule has 15 nitrogen and oxygen atoms in total. The van der Waals surface area contributed by atoms with E-state index in [0.717, 1.165) is 0 Å². The van der Waals surface area contributed by atoms with E-state index in [1.807, 2.05) is 0 Å². The Kier molecular flexibility index (Phi) is 16.9. The number of alkyl carbamates (subject to hydrolysis) is 1. The lowest BCUT2D eigenvalue weighted by Crippen LogP contribution is -2.59. The minimum atomic E-state index is -4.35. The molecule has 0 fully saturated rings. The van der Waals surface area contributed by atoms with Crippen molar-refractivity contribution < 1.29 is 41.9 Å². The molecule has 53 heavy (non-hydrogen) atoms. The average molecular weight is 797 g/mol. The van der Waals surface area contributed by atoms with Crippen LogP contribution in [0.4, 0.5) is 10.5 Å². The first kappa shape index (κ1) is 43.1. The zero-order chi connectivity index (χ0) is 39.1. The molecule has 0 aliphatic heterocycles. The lowest BCUT2D eigenvalue weighted by molar-refractivity contribution is -0.384. The molecular formula is C35H43Cl2N5O10S. The molecule has 3 N–H and O–H groups in total. The number of rotatable bonds is 20. The Morgan fingerprint density at radius 1 is 0.887 bits per heavy atom. The van der Waals surface area contributed by atoms with Crippen molar-refractivity contribution in [2.75, 3.05) is 26.3 Å². The van der Waals surface area contributed by atoms with Crippen molar-refractivity contribution in [1.82, 2.24) is 20.3 Å². The van der Waals surface area contributed by atoms with Gasteiger partial charge in [-0.05, 0) is 57.0 Å². The number of benzene rings is 3. The number of hydrogen-bond acceptors (Lipinski definition) is 10. The number of ether oxygens (including phenoxy) is 3. The zero-order valence-corrected chi connectivity index (χ0v) is 31.9. The first-order valence-electron chi connectivity index (χ1n) is 16.6. The SMILES string of the molecule is CCOC(CN(C(=O)C(Cc1ccc([N+](=O)[O-])cc1)NC(=O)C(CNS(=O)(=O)c1ccc(Cl)cc1Cl)NC(=O)OCc1ccccc1)C(C)C)OCC. The molecule has 0 aromatic heterocycles. The van der Waals surface area contributed by atoms with Crippen LogP contribution >= 0.6 is 23.2 Å². The Morgan fingerprint density at radius 2 is 1.53 bits per heavy atom. The fourth-order valence-corrected chi connectivity index (χ4v) is 6.80. The topological polar surface area (TPSA) is 196 Å². The standard InChI is InChI=1S/C35H43Cl2N5O10S/c1-5-50-32(51-6-2)21-41(23(3)4)34(44)29(18-24-12-15-27(16-13-24)42(46)47)39-33(43)30(40-35(45)52-22-25-10-8-7-9-11-25)20-38-53(48,49)31-17-14-26(36)19-28(31)37/h7-17,19,23,29-30,32,38H,5-6,18,20-22H2,1-4H3,(H,39,43)(H,40,45). The van der Waals surface area contributed by atoms with Crippen molar-refractivity contribution in [3.05, 3.63) is 104 Å². The van der Waals surface area contributed by atoms with E-state index < -0.39 is 63.8 Å². The smallest absolute Gasteiger partial charge is 0.408 e. The number of sulfonamides is 1. The highest BCUT2D eigenvalue weighted by Crippen LogP contribution is 2.25. The van der Waals surface area contributed by atoms with Gasteiger partial charge in [0.2, 0.25) is 21.8 Å². The third-order valence-corrected chi connectivity index (χ3v) is 9.78. The predicted octanol–water partition coefficient (Wildman–Crippen LogP) is 4.84. The van der Waals surface area contributed by atoms with E-state index in [-0.39, 0.29) is 40.2 Å². The van der Waals surface area contributed by atoms with E-state index in [1.165, 1.54) is 47.4 Å². The molecule has 0 saturated carbocycles. The summed E-state index contributed by atoms with van der Waals surface area (Å²) in [6.07, 6.45) is -1.96. The summed E-state index contributed by atoms with van der Waals surface area (Å²) in [5.41, 5.74) is 0.947. The summed E-state index contributed by atoms with van der Waals surface area (Å²) in [6, 6.07) is 14.6. The van der Waals surface area contributed by atoms with Crippen LogP contribution in [0.1, 0.15) is 38.8 Å². The van der Waals surface area contributed by atoms with E-state index in [1.54, 1.807) is 58.0 Å². The number of carbonyl (C=O) groups excluding carboxylic acids is 3.